The van der Waals surface area contributed by atoms with E-state index in [0.29, 0.717) is 13.0 Å². The highest BCUT2D eigenvalue weighted by molar-refractivity contribution is 5.24. The lowest BCUT2D eigenvalue weighted by Gasteiger charge is -2.31. The van der Waals surface area contributed by atoms with E-state index < -0.39 is 29.0 Å². The second-order valence-electron chi connectivity index (χ2n) is 4.57. The monoisotopic (exact) mass is 261 g/mol. The fourth-order valence-corrected chi connectivity index (χ4v) is 2.20. The molecule has 1 aliphatic rings. The lowest BCUT2D eigenvalue weighted by atomic mass is 9.78. The molecule has 0 bridgehead atoms. The molecule has 1 heterocycles. The average molecular weight is 261 g/mol. The lowest BCUT2D eigenvalue weighted by molar-refractivity contribution is 0.0186. The first-order valence-electron chi connectivity index (χ1n) is 5.60. The Morgan fingerprint density at radius 3 is 2.39 bits per heavy atom. The summed E-state index contributed by atoms with van der Waals surface area (Å²) in [5.74, 6) is -4.19. The smallest absolute Gasteiger partial charge is 0.194 e. The molecular weight excluding hydrogens is 247 g/mol. The summed E-state index contributed by atoms with van der Waals surface area (Å²) in [4.78, 5) is 0. The van der Waals surface area contributed by atoms with Crippen molar-refractivity contribution in [1.82, 2.24) is 0 Å². The molecule has 3 nitrogen and oxygen atoms in total. The predicted octanol–water partition coefficient (Wildman–Crippen LogP) is 1.50. The normalized spacial score (nSPS) is 25.4. The molecule has 0 aliphatic carbocycles. The average Bonchev–Trinajstić information content (AvgIpc) is 2.84. The molecule has 2 rings (SSSR count). The van der Waals surface area contributed by atoms with Gasteiger partial charge in [0.1, 0.15) is 0 Å². The van der Waals surface area contributed by atoms with Crippen molar-refractivity contribution in [3.63, 3.8) is 0 Å². The van der Waals surface area contributed by atoms with Crippen LogP contribution >= 0.6 is 0 Å². The van der Waals surface area contributed by atoms with Crippen molar-refractivity contribution in [2.75, 3.05) is 19.8 Å². The number of nitrogens with two attached hydrogens (primary N) is 1. The number of ether oxygens (including phenoxy) is 1. The number of aliphatic hydroxyl groups is 1. The van der Waals surface area contributed by atoms with Crippen LogP contribution in [0.5, 0.6) is 0 Å². The van der Waals surface area contributed by atoms with E-state index in [1.165, 1.54) is 0 Å². The van der Waals surface area contributed by atoms with Gasteiger partial charge in [-0.3, -0.25) is 0 Å². The summed E-state index contributed by atoms with van der Waals surface area (Å²) in [5.41, 5.74) is 4.82. The molecular formula is C12H14F3NO2. The minimum absolute atomic E-state index is 0.0256. The first kappa shape index (κ1) is 13.3. The summed E-state index contributed by atoms with van der Waals surface area (Å²) < 4.78 is 44.3. The van der Waals surface area contributed by atoms with Gasteiger partial charge in [0.05, 0.1) is 12.7 Å². The minimum Gasteiger partial charge on any atom is -0.388 e. The van der Waals surface area contributed by atoms with Crippen molar-refractivity contribution in [3.05, 3.63) is 35.1 Å². The zero-order chi connectivity index (χ0) is 13.3. The topological polar surface area (TPSA) is 55.5 Å². The molecule has 0 radical (unpaired) electrons. The molecule has 0 saturated carbocycles. The summed E-state index contributed by atoms with van der Waals surface area (Å²) in [7, 11) is 0. The van der Waals surface area contributed by atoms with Gasteiger partial charge in [-0.15, -0.1) is 0 Å². The van der Waals surface area contributed by atoms with Crippen molar-refractivity contribution in [1.29, 1.82) is 0 Å². The molecule has 100 valence electrons. The molecule has 0 amide bonds. The maximum absolute atomic E-state index is 13.1. The second kappa shape index (κ2) is 4.87. The molecule has 1 aromatic rings. The maximum atomic E-state index is 13.1. The Balaban J connectivity index is 2.36. The van der Waals surface area contributed by atoms with Crippen molar-refractivity contribution in [2.45, 2.75) is 12.5 Å². The molecule has 1 aromatic carbocycles. The highest BCUT2D eigenvalue weighted by atomic mass is 19.2. The van der Waals surface area contributed by atoms with Crippen LogP contribution in [0.3, 0.4) is 0 Å². The Morgan fingerprint density at radius 2 is 1.94 bits per heavy atom. The summed E-state index contributed by atoms with van der Waals surface area (Å²) in [6.45, 7) is 0.764. The van der Waals surface area contributed by atoms with Crippen molar-refractivity contribution in [2.24, 2.45) is 11.1 Å². The van der Waals surface area contributed by atoms with Crippen LogP contribution in [0.15, 0.2) is 12.1 Å². The first-order chi connectivity index (χ1) is 8.50. The SMILES string of the molecule is NCC1(C(O)c2cc(F)c(F)c(F)c2)CCOC1. The standard InChI is InChI=1S/C12H14F3NO2/c13-8-3-7(4-9(14)10(8)15)11(17)12(5-16)1-2-18-6-12/h3-4,11,17H,1-2,5-6,16H2. The van der Waals surface area contributed by atoms with Gasteiger partial charge >= 0.3 is 0 Å². The maximum Gasteiger partial charge on any atom is 0.194 e. The van der Waals surface area contributed by atoms with E-state index in [4.69, 9.17) is 10.5 Å². The molecule has 6 heteroatoms. The zero-order valence-electron chi connectivity index (χ0n) is 9.63. The molecule has 1 aliphatic heterocycles. The summed E-state index contributed by atoms with van der Waals surface area (Å²) in [5, 5.41) is 10.2. The zero-order valence-corrected chi connectivity index (χ0v) is 9.63. The summed E-state index contributed by atoms with van der Waals surface area (Å²) in [6.07, 6.45) is -0.694. The van der Waals surface area contributed by atoms with Gasteiger partial charge in [-0.05, 0) is 24.1 Å². The van der Waals surface area contributed by atoms with E-state index in [-0.39, 0.29) is 18.7 Å². The number of hydrogen-bond donors (Lipinski definition) is 2. The lowest BCUT2D eigenvalue weighted by Crippen LogP contribution is -2.37. The molecule has 3 N–H and O–H groups in total. The van der Waals surface area contributed by atoms with Crippen molar-refractivity contribution in [3.8, 4) is 0 Å². The fraction of sp³-hybridized carbons (Fsp3) is 0.500. The number of halogens is 3. The Labute approximate surface area is 102 Å². The van der Waals surface area contributed by atoms with Crippen LogP contribution in [-0.4, -0.2) is 24.9 Å². The van der Waals surface area contributed by atoms with E-state index in [0.717, 1.165) is 12.1 Å². The molecule has 2 unspecified atom stereocenters. The Hall–Kier alpha value is -1.11. The molecule has 2 atom stereocenters. The third-order valence-corrected chi connectivity index (χ3v) is 3.44. The highest BCUT2D eigenvalue weighted by Crippen LogP contribution is 2.40. The van der Waals surface area contributed by atoms with Crippen LogP contribution in [0.4, 0.5) is 13.2 Å². The van der Waals surface area contributed by atoms with Gasteiger partial charge in [0.15, 0.2) is 17.5 Å². The van der Waals surface area contributed by atoms with Crippen molar-refractivity contribution >= 4 is 0 Å². The Morgan fingerprint density at radius 1 is 1.33 bits per heavy atom. The van der Waals surface area contributed by atoms with Crippen molar-refractivity contribution < 1.29 is 23.0 Å². The van der Waals surface area contributed by atoms with Crippen LogP contribution in [0, 0.1) is 22.9 Å². The number of benzene rings is 1. The number of aliphatic hydroxyl groups excluding tert-OH is 1. The van der Waals surface area contributed by atoms with Gasteiger partial charge in [0, 0.05) is 18.6 Å². The van der Waals surface area contributed by atoms with Crippen LogP contribution in [-0.2, 0) is 4.74 Å². The summed E-state index contributed by atoms with van der Waals surface area (Å²) in [6, 6.07) is 1.58. The quantitative estimate of drug-likeness (QED) is 0.811. The highest BCUT2D eigenvalue weighted by Gasteiger charge is 2.41. The van der Waals surface area contributed by atoms with Gasteiger partial charge in [0.25, 0.3) is 0 Å². The Bertz CT molecular complexity index is 424. The molecule has 0 spiro atoms. The van der Waals surface area contributed by atoms with Crippen LogP contribution in [0.1, 0.15) is 18.1 Å². The van der Waals surface area contributed by atoms with Crippen LogP contribution < -0.4 is 5.73 Å². The van der Waals surface area contributed by atoms with Gasteiger partial charge in [-0.1, -0.05) is 0 Å². The van der Waals surface area contributed by atoms with E-state index in [1.807, 2.05) is 0 Å². The molecule has 1 saturated heterocycles. The second-order valence-corrected chi connectivity index (χ2v) is 4.57. The van der Waals surface area contributed by atoms with Gasteiger partial charge in [-0.2, -0.15) is 0 Å². The van der Waals surface area contributed by atoms with Gasteiger partial charge in [-0.25, -0.2) is 13.2 Å². The molecule has 1 fully saturated rings. The van der Waals surface area contributed by atoms with Gasteiger partial charge in [0.2, 0.25) is 0 Å². The summed E-state index contributed by atoms with van der Waals surface area (Å²) >= 11 is 0. The first-order valence-corrected chi connectivity index (χ1v) is 5.60. The molecule has 18 heavy (non-hydrogen) atoms. The van der Waals surface area contributed by atoms with E-state index >= 15 is 0 Å². The molecule has 0 aromatic heterocycles. The van der Waals surface area contributed by atoms with E-state index in [9.17, 15) is 18.3 Å². The number of rotatable bonds is 3. The Kier molecular flexibility index (Phi) is 3.61. The van der Waals surface area contributed by atoms with Crippen LogP contribution in [0.25, 0.3) is 0 Å². The minimum atomic E-state index is -1.55. The third kappa shape index (κ3) is 2.11. The van der Waals surface area contributed by atoms with Crippen LogP contribution in [0.2, 0.25) is 0 Å². The number of hydrogen-bond acceptors (Lipinski definition) is 3. The fourth-order valence-electron chi connectivity index (χ4n) is 2.20. The third-order valence-electron chi connectivity index (χ3n) is 3.44. The van der Waals surface area contributed by atoms with Gasteiger partial charge < -0.3 is 15.6 Å². The largest absolute Gasteiger partial charge is 0.388 e. The van der Waals surface area contributed by atoms with E-state index in [2.05, 4.69) is 0 Å². The van der Waals surface area contributed by atoms with E-state index in [1.54, 1.807) is 0 Å². The predicted molar refractivity (Wildman–Crippen MR) is 58.2 cm³/mol.